The summed E-state index contributed by atoms with van der Waals surface area (Å²) in [6.45, 7) is 1.78. The summed E-state index contributed by atoms with van der Waals surface area (Å²) in [5.41, 5.74) is 1.17. The van der Waals surface area contributed by atoms with Gasteiger partial charge < -0.3 is 10.1 Å². The summed E-state index contributed by atoms with van der Waals surface area (Å²) in [5.74, 6) is -0.440. The Morgan fingerprint density at radius 2 is 1.64 bits per heavy atom. The van der Waals surface area contributed by atoms with Crippen LogP contribution in [0.1, 0.15) is 15.9 Å². The number of ether oxygens (including phenoxy) is 1. The van der Waals surface area contributed by atoms with Crippen molar-refractivity contribution in [1.29, 1.82) is 0 Å². The van der Waals surface area contributed by atoms with Crippen LogP contribution in [0.15, 0.2) is 36.4 Å². The topological polar surface area (TPSA) is 38.3 Å². The van der Waals surface area contributed by atoms with Crippen LogP contribution in [0, 0.1) is 6.92 Å². The van der Waals surface area contributed by atoms with Gasteiger partial charge in [-0.25, -0.2) is 0 Å². The van der Waals surface area contributed by atoms with Crippen molar-refractivity contribution in [1.82, 2.24) is 5.32 Å². The fraction of sp³-hybridized carbons (Fsp3) is 0.188. The highest BCUT2D eigenvalue weighted by Crippen LogP contribution is 2.39. The lowest BCUT2D eigenvalue weighted by Gasteiger charge is -2.27. The molecular weight excluding hydrogens is 451 g/mol. The van der Waals surface area contributed by atoms with Crippen molar-refractivity contribution in [2.75, 3.05) is 0 Å². The minimum atomic E-state index is -1.98. The van der Waals surface area contributed by atoms with Gasteiger partial charge in [-0.1, -0.05) is 87.8 Å². The Kier molecular flexibility index (Phi) is 7.00. The van der Waals surface area contributed by atoms with Crippen molar-refractivity contribution < 1.29 is 9.53 Å². The first-order valence-corrected chi connectivity index (χ1v) is 9.11. The van der Waals surface area contributed by atoms with Crippen molar-refractivity contribution in [3.05, 3.63) is 62.6 Å². The minimum Gasteiger partial charge on any atom is -0.463 e. The Morgan fingerprint density at radius 3 is 2.16 bits per heavy atom. The van der Waals surface area contributed by atoms with Gasteiger partial charge in [0.2, 0.25) is 10.0 Å². The summed E-state index contributed by atoms with van der Waals surface area (Å²) in [6.07, 6.45) is -1.35. The molecule has 1 amide bonds. The summed E-state index contributed by atoms with van der Waals surface area (Å²) in [6, 6.07) is 9.80. The van der Waals surface area contributed by atoms with Crippen LogP contribution in [0.5, 0.6) is 5.75 Å². The lowest BCUT2D eigenvalue weighted by Crippen LogP contribution is -2.48. The molecular formula is C16H11Cl6NO2. The minimum absolute atomic E-state index is 0.0362. The molecule has 0 spiro atoms. The molecule has 0 aromatic heterocycles. The van der Waals surface area contributed by atoms with Crippen LogP contribution in [0.4, 0.5) is 0 Å². The zero-order valence-electron chi connectivity index (χ0n) is 12.6. The first kappa shape index (κ1) is 20.8. The fourth-order valence-corrected chi connectivity index (χ4v) is 3.17. The van der Waals surface area contributed by atoms with Crippen molar-refractivity contribution in [3.8, 4) is 5.75 Å². The Hall–Kier alpha value is -0.550. The Bertz CT molecular complexity index is 767. The molecule has 2 rings (SSSR count). The molecule has 134 valence electrons. The molecule has 0 aliphatic heterocycles. The zero-order chi connectivity index (χ0) is 18.8. The molecule has 0 fully saturated rings. The number of rotatable bonds is 4. The van der Waals surface area contributed by atoms with E-state index in [0.717, 1.165) is 5.56 Å². The average molecular weight is 462 g/mol. The maximum Gasteiger partial charge on any atom is 0.254 e. The molecule has 2 aromatic carbocycles. The van der Waals surface area contributed by atoms with Crippen LogP contribution < -0.4 is 10.1 Å². The number of hydrogen-bond donors (Lipinski definition) is 1. The van der Waals surface area contributed by atoms with E-state index >= 15 is 0 Å². The third-order valence-electron chi connectivity index (χ3n) is 3.15. The molecule has 0 unspecified atom stereocenters. The highest BCUT2D eigenvalue weighted by Gasteiger charge is 2.37. The molecule has 0 aliphatic rings. The number of benzene rings is 2. The van der Waals surface area contributed by atoms with Gasteiger partial charge in [0.25, 0.3) is 5.91 Å². The molecule has 25 heavy (non-hydrogen) atoms. The van der Waals surface area contributed by atoms with Crippen molar-refractivity contribution in [2.45, 2.75) is 16.9 Å². The molecule has 1 atom stereocenters. The lowest BCUT2D eigenvalue weighted by atomic mass is 10.1. The second kappa shape index (κ2) is 8.43. The van der Waals surface area contributed by atoms with Crippen LogP contribution in [-0.2, 0) is 0 Å². The fourth-order valence-electron chi connectivity index (χ4n) is 1.96. The molecule has 0 heterocycles. The van der Waals surface area contributed by atoms with E-state index in [9.17, 15) is 4.79 Å². The van der Waals surface area contributed by atoms with Gasteiger partial charge in [0.15, 0.2) is 5.75 Å². The molecule has 2 aromatic rings. The van der Waals surface area contributed by atoms with Gasteiger partial charge in [0, 0.05) is 10.6 Å². The summed E-state index contributed by atoms with van der Waals surface area (Å²) in [5, 5.41) is 3.07. The third kappa shape index (κ3) is 5.46. The quantitative estimate of drug-likeness (QED) is 0.419. The molecule has 0 saturated heterocycles. The molecule has 0 radical (unpaired) electrons. The van der Waals surface area contributed by atoms with Gasteiger partial charge in [-0.15, -0.1) is 0 Å². The summed E-state index contributed by atoms with van der Waals surface area (Å²) in [7, 11) is 0. The first-order chi connectivity index (χ1) is 11.6. The van der Waals surface area contributed by atoms with Crippen LogP contribution >= 0.6 is 69.6 Å². The van der Waals surface area contributed by atoms with Crippen LogP contribution in [0.2, 0.25) is 15.1 Å². The van der Waals surface area contributed by atoms with E-state index < -0.39 is 15.9 Å². The molecule has 0 aliphatic carbocycles. The van der Waals surface area contributed by atoms with E-state index in [4.69, 9.17) is 74.3 Å². The number of halogens is 6. The highest BCUT2D eigenvalue weighted by molar-refractivity contribution is 6.68. The number of alkyl halides is 3. The average Bonchev–Trinajstić information content (AvgIpc) is 2.48. The second-order valence-corrected chi connectivity index (χ2v) is 8.65. The van der Waals surface area contributed by atoms with Crippen LogP contribution in [-0.4, -0.2) is 15.9 Å². The summed E-state index contributed by atoms with van der Waals surface area (Å²) in [4.78, 5) is 12.5. The number of nitrogens with one attached hydrogen (secondary N) is 1. The van der Waals surface area contributed by atoms with Crippen molar-refractivity contribution in [2.24, 2.45) is 0 Å². The van der Waals surface area contributed by atoms with E-state index in [0.29, 0.717) is 10.6 Å². The standard InChI is InChI=1S/C16H11Cl6NO2/c1-8-4-2-3-5-10(8)14(24)23-15(16(20,21)22)25-13-11(18)6-9(17)7-12(13)19/h2-7,15H,1H3,(H,23,24)/t15-/m0/s1. The predicted molar refractivity (Wildman–Crippen MR) is 105 cm³/mol. The summed E-state index contributed by atoms with van der Waals surface area (Å²) >= 11 is 35.8. The van der Waals surface area contributed by atoms with E-state index in [2.05, 4.69) is 5.32 Å². The van der Waals surface area contributed by atoms with Gasteiger partial charge in [-0.2, -0.15) is 0 Å². The van der Waals surface area contributed by atoms with Gasteiger partial charge in [-0.05, 0) is 30.7 Å². The third-order valence-corrected chi connectivity index (χ3v) is 4.52. The summed E-state index contributed by atoms with van der Waals surface area (Å²) < 4.78 is 3.60. The van der Waals surface area contributed by atoms with E-state index in [1.807, 2.05) is 6.07 Å². The molecule has 0 bridgehead atoms. The van der Waals surface area contributed by atoms with E-state index in [-0.39, 0.29) is 15.8 Å². The highest BCUT2D eigenvalue weighted by atomic mass is 35.6. The number of carbonyl (C=O) groups excluding carboxylic acids is 1. The van der Waals surface area contributed by atoms with Crippen LogP contribution in [0.3, 0.4) is 0 Å². The second-order valence-electron chi connectivity index (χ2n) is 5.03. The Balaban J connectivity index is 2.30. The lowest BCUT2D eigenvalue weighted by molar-refractivity contribution is 0.0832. The van der Waals surface area contributed by atoms with Gasteiger partial charge in [0.1, 0.15) is 0 Å². The predicted octanol–water partition coefficient (Wildman–Crippen LogP) is 6.46. The number of carbonyl (C=O) groups is 1. The van der Waals surface area contributed by atoms with Gasteiger partial charge >= 0.3 is 0 Å². The van der Waals surface area contributed by atoms with Gasteiger partial charge in [-0.3, -0.25) is 4.79 Å². The largest absolute Gasteiger partial charge is 0.463 e. The monoisotopic (exact) mass is 459 g/mol. The maximum absolute atomic E-state index is 12.5. The first-order valence-electron chi connectivity index (χ1n) is 6.84. The Morgan fingerprint density at radius 1 is 1.08 bits per heavy atom. The van der Waals surface area contributed by atoms with Crippen molar-refractivity contribution >= 4 is 75.5 Å². The number of amides is 1. The molecule has 9 heteroatoms. The van der Waals surface area contributed by atoms with Crippen LogP contribution in [0.25, 0.3) is 0 Å². The number of hydrogen-bond acceptors (Lipinski definition) is 2. The van der Waals surface area contributed by atoms with E-state index in [1.165, 1.54) is 12.1 Å². The normalized spacial score (nSPS) is 12.6. The molecule has 1 N–H and O–H groups in total. The molecule has 0 saturated carbocycles. The smallest absolute Gasteiger partial charge is 0.254 e. The number of aryl methyl sites for hydroxylation is 1. The zero-order valence-corrected chi connectivity index (χ0v) is 17.2. The van der Waals surface area contributed by atoms with Gasteiger partial charge in [0.05, 0.1) is 10.0 Å². The van der Waals surface area contributed by atoms with Crippen molar-refractivity contribution in [3.63, 3.8) is 0 Å². The SMILES string of the molecule is Cc1ccccc1C(=O)N[C@@H](Oc1c(Cl)cc(Cl)cc1Cl)C(Cl)(Cl)Cl. The maximum atomic E-state index is 12.5. The Labute approximate surface area is 175 Å². The molecule has 3 nitrogen and oxygen atoms in total. The van der Waals surface area contributed by atoms with E-state index in [1.54, 1.807) is 25.1 Å².